The molecule has 3 N–H and O–H groups in total. The van der Waals surface area contributed by atoms with Crippen molar-refractivity contribution < 1.29 is 23.9 Å². The number of ether oxygens (including phenoxy) is 2. The summed E-state index contributed by atoms with van der Waals surface area (Å²) in [6.07, 6.45) is 4.75. The monoisotopic (exact) mass is 707 g/mol. The van der Waals surface area contributed by atoms with Gasteiger partial charge in [0.15, 0.2) is 5.75 Å². The molecule has 2 aliphatic heterocycles. The van der Waals surface area contributed by atoms with Crippen LogP contribution >= 0.6 is 0 Å². The summed E-state index contributed by atoms with van der Waals surface area (Å²) in [5.74, 6) is 4.06. The first-order valence-electron chi connectivity index (χ1n) is 18.1. The smallest absolute Gasteiger partial charge is 0.260 e. The number of para-hydroxylation sites is 1. The molecular formula is C40H49N7O5. The Hall–Kier alpha value is -5.16. The third-order valence-electron chi connectivity index (χ3n) is 10.2. The molecule has 3 heterocycles. The first kappa shape index (κ1) is 36.6. The number of aromatic nitrogens is 2. The van der Waals surface area contributed by atoms with Gasteiger partial charge in [-0.15, -0.1) is 0 Å². The zero-order valence-electron chi connectivity index (χ0n) is 30.6. The molecule has 3 aromatic carbocycles. The summed E-state index contributed by atoms with van der Waals surface area (Å²) >= 11 is 0. The van der Waals surface area contributed by atoms with E-state index in [1.807, 2.05) is 49.4 Å². The number of piperidine rings is 1. The molecule has 2 fully saturated rings. The molecule has 12 nitrogen and oxygen atoms in total. The standard InChI is InChI=1S/C40H49N7O5/c1-27-11-14-34(35(24-27)52-23-6-5-8-29(25-48)47-21-19-45(2)20-22-47)46(3)40(50)32-13-12-31(38(51-4)37(32)42-26-49)30-9-7-10-33-36(30)44-39(43-33)28-15-17-41-18-16-28/h7,9-14,24,26,28,41H,5-6,8,15-23H2,1-4H3,(H,42,49)(H,43,44). The van der Waals surface area contributed by atoms with E-state index >= 15 is 0 Å². The van der Waals surface area contributed by atoms with Crippen LogP contribution in [0.15, 0.2) is 54.2 Å². The van der Waals surface area contributed by atoms with Gasteiger partial charge in [0.05, 0.1) is 47.4 Å². The number of allylic oxidation sites excluding steroid dienone is 1. The molecule has 6 rings (SSSR count). The van der Waals surface area contributed by atoms with Gasteiger partial charge in [-0.1, -0.05) is 18.2 Å². The van der Waals surface area contributed by atoms with E-state index < -0.39 is 0 Å². The molecule has 4 aromatic rings. The van der Waals surface area contributed by atoms with E-state index in [1.54, 1.807) is 13.1 Å². The lowest BCUT2D eigenvalue weighted by Crippen LogP contribution is -2.44. The minimum atomic E-state index is -0.345. The molecule has 0 unspecified atom stereocenters. The maximum Gasteiger partial charge on any atom is 0.260 e. The predicted octanol–water partition coefficient (Wildman–Crippen LogP) is 5.37. The fraction of sp³-hybridized carbons (Fsp3) is 0.425. The van der Waals surface area contributed by atoms with Crippen LogP contribution in [0.25, 0.3) is 22.2 Å². The van der Waals surface area contributed by atoms with Gasteiger partial charge in [-0.25, -0.2) is 9.78 Å². The second kappa shape index (κ2) is 16.9. The van der Waals surface area contributed by atoms with Crippen LogP contribution in [0.2, 0.25) is 0 Å². The minimum Gasteiger partial charge on any atom is -0.494 e. The number of likely N-dealkylation sites (N-methyl/N-ethyl adjacent to an activating group) is 1. The van der Waals surface area contributed by atoms with Crippen molar-refractivity contribution in [1.82, 2.24) is 25.1 Å². The summed E-state index contributed by atoms with van der Waals surface area (Å²) in [7, 11) is 5.31. The van der Waals surface area contributed by atoms with Crippen molar-refractivity contribution >= 4 is 40.7 Å². The Morgan fingerprint density at radius 2 is 1.87 bits per heavy atom. The van der Waals surface area contributed by atoms with Gasteiger partial charge >= 0.3 is 0 Å². The fourth-order valence-corrected chi connectivity index (χ4v) is 7.18. The first-order valence-corrected chi connectivity index (χ1v) is 18.1. The van der Waals surface area contributed by atoms with E-state index in [4.69, 9.17) is 14.5 Å². The molecule has 0 radical (unpaired) electrons. The Kier molecular flexibility index (Phi) is 11.9. The number of nitrogens with one attached hydrogen (secondary N) is 3. The number of anilines is 2. The normalized spacial score (nSPS) is 15.3. The number of methoxy groups -OCH3 is 1. The van der Waals surface area contributed by atoms with E-state index in [0.717, 1.165) is 98.6 Å². The molecule has 52 heavy (non-hydrogen) atoms. The van der Waals surface area contributed by atoms with Gasteiger partial charge in [0, 0.05) is 50.3 Å². The number of H-pyrrole nitrogens is 1. The second-order valence-corrected chi connectivity index (χ2v) is 13.7. The van der Waals surface area contributed by atoms with Gasteiger partial charge in [0.1, 0.15) is 17.5 Å². The van der Waals surface area contributed by atoms with Crippen LogP contribution in [-0.2, 0) is 9.59 Å². The number of carbonyl (C=O) groups is 2. The number of fused-ring (bicyclic) bond motifs is 1. The van der Waals surface area contributed by atoms with Gasteiger partial charge in [-0.2, -0.15) is 0 Å². The highest BCUT2D eigenvalue weighted by atomic mass is 16.5. The van der Waals surface area contributed by atoms with Crippen molar-refractivity contribution in [2.24, 2.45) is 0 Å². The van der Waals surface area contributed by atoms with Gasteiger partial charge in [-0.3, -0.25) is 9.59 Å². The lowest BCUT2D eigenvalue weighted by Gasteiger charge is -2.34. The molecule has 12 heteroatoms. The van der Waals surface area contributed by atoms with Crippen molar-refractivity contribution in [3.63, 3.8) is 0 Å². The molecule has 0 aliphatic carbocycles. The molecule has 1 aromatic heterocycles. The number of nitrogens with zero attached hydrogens (tertiary/aromatic N) is 4. The summed E-state index contributed by atoms with van der Waals surface area (Å²) in [4.78, 5) is 52.4. The third kappa shape index (κ3) is 7.99. The number of aromatic amines is 1. The number of aryl methyl sites for hydroxylation is 1. The van der Waals surface area contributed by atoms with Crippen molar-refractivity contribution in [2.75, 3.05) is 77.3 Å². The van der Waals surface area contributed by atoms with Crippen LogP contribution in [0.3, 0.4) is 0 Å². The number of piperazine rings is 1. The quantitative estimate of drug-likeness (QED) is 0.0900. The number of amides is 2. The van der Waals surface area contributed by atoms with Crippen molar-refractivity contribution in [3.8, 4) is 22.6 Å². The highest BCUT2D eigenvalue weighted by Gasteiger charge is 2.26. The summed E-state index contributed by atoms with van der Waals surface area (Å²) in [5.41, 5.74) is 6.11. The van der Waals surface area contributed by atoms with Crippen LogP contribution in [0.5, 0.6) is 11.5 Å². The maximum atomic E-state index is 14.2. The molecule has 2 amide bonds. The number of benzene rings is 3. The lowest BCUT2D eigenvalue weighted by atomic mass is 9.97. The number of imidazole rings is 1. The Morgan fingerprint density at radius 3 is 2.60 bits per heavy atom. The maximum absolute atomic E-state index is 14.2. The molecule has 2 aliphatic rings. The number of rotatable bonds is 14. The summed E-state index contributed by atoms with van der Waals surface area (Å²) in [6.45, 7) is 7.85. The van der Waals surface area contributed by atoms with E-state index in [2.05, 4.69) is 38.4 Å². The van der Waals surface area contributed by atoms with E-state index in [9.17, 15) is 14.4 Å². The topological polar surface area (TPSA) is 132 Å². The average molecular weight is 708 g/mol. The largest absolute Gasteiger partial charge is 0.494 e. The molecule has 2 saturated heterocycles. The van der Waals surface area contributed by atoms with Crippen LogP contribution in [0, 0.1) is 6.92 Å². The van der Waals surface area contributed by atoms with E-state index in [0.29, 0.717) is 48.1 Å². The Morgan fingerprint density at radius 1 is 1.08 bits per heavy atom. The predicted molar refractivity (Wildman–Crippen MR) is 204 cm³/mol. The zero-order valence-corrected chi connectivity index (χ0v) is 30.6. The van der Waals surface area contributed by atoms with Crippen LogP contribution < -0.4 is 25.0 Å². The van der Waals surface area contributed by atoms with Gasteiger partial charge in [-0.05, 0) is 95.1 Å². The highest BCUT2D eigenvalue weighted by molar-refractivity contribution is 6.13. The number of carbonyl (C=O) groups excluding carboxylic acids is 3. The number of unbranched alkanes of at least 4 members (excludes halogenated alkanes) is 1. The number of hydrogen-bond acceptors (Lipinski definition) is 9. The summed E-state index contributed by atoms with van der Waals surface area (Å²) in [6, 6.07) is 15.2. The fourth-order valence-electron chi connectivity index (χ4n) is 7.18. The molecule has 0 bridgehead atoms. The van der Waals surface area contributed by atoms with Crippen molar-refractivity contribution in [1.29, 1.82) is 0 Å². The lowest BCUT2D eigenvalue weighted by molar-refractivity contribution is -0.105. The van der Waals surface area contributed by atoms with Gasteiger partial charge in [0.25, 0.3) is 5.91 Å². The molecule has 0 saturated carbocycles. The van der Waals surface area contributed by atoms with Crippen LogP contribution in [-0.4, -0.2) is 105 Å². The summed E-state index contributed by atoms with van der Waals surface area (Å²) < 4.78 is 12.2. The highest BCUT2D eigenvalue weighted by Crippen LogP contribution is 2.42. The SMILES string of the molecule is COc1c(-c2cccc3[nH]c(C4CCNCC4)nc23)ccc(C(=O)N(C)c2ccc(C)cc2OCCCCC(=C=O)N2CCN(C)CC2)c1NC=O. The van der Waals surface area contributed by atoms with Gasteiger partial charge in [0.2, 0.25) is 6.41 Å². The van der Waals surface area contributed by atoms with Crippen LogP contribution in [0.4, 0.5) is 11.4 Å². The molecule has 274 valence electrons. The Labute approximate surface area is 305 Å². The molecule has 0 atom stereocenters. The van der Waals surface area contributed by atoms with E-state index in [1.165, 1.54) is 12.0 Å². The first-order chi connectivity index (χ1) is 25.3. The zero-order chi connectivity index (χ0) is 36.6. The minimum absolute atomic E-state index is 0.267. The number of hydrogen-bond donors (Lipinski definition) is 3. The third-order valence-corrected chi connectivity index (χ3v) is 10.2. The second-order valence-electron chi connectivity index (χ2n) is 13.7. The van der Waals surface area contributed by atoms with Gasteiger partial charge < -0.3 is 39.8 Å². The molecular weight excluding hydrogens is 658 g/mol. The molecule has 0 spiro atoms. The van der Waals surface area contributed by atoms with Crippen molar-refractivity contribution in [2.45, 2.75) is 44.9 Å². The average Bonchev–Trinajstić information content (AvgIpc) is 3.62. The van der Waals surface area contributed by atoms with E-state index in [-0.39, 0.29) is 17.2 Å². The Balaban J connectivity index is 1.21. The Bertz CT molecular complexity index is 1940. The summed E-state index contributed by atoms with van der Waals surface area (Å²) in [5, 5.41) is 6.17. The van der Waals surface area contributed by atoms with Crippen LogP contribution in [0.1, 0.15) is 59.8 Å². The van der Waals surface area contributed by atoms with Crippen molar-refractivity contribution in [3.05, 3.63) is 71.2 Å².